The van der Waals surface area contributed by atoms with Gasteiger partial charge in [0.05, 0.1) is 11.1 Å². The molecule has 15 heavy (non-hydrogen) atoms. The summed E-state index contributed by atoms with van der Waals surface area (Å²) in [6.07, 6.45) is 0.793. The van der Waals surface area contributed by atoms with E-state index in [0.717, 1.165) is 12.0 Å². The van der Waals surface area contributed by atoms with Crippen molar-refractivity contribution in [3.8, 4) is 0 Å². The molecule has 0 aliphatic rings. The second kappa shape index (κ2) is 5.47. The Kier molecular flexibility index (Phi) is 4.55. The van der Waals surface area contributed by atoms with E-state index in [1.165, 1.54) is 12.1 Å². The van der Waals surface area contributed by atoms with Crippen LogP contribution in [0, 0.1) is 11.7 Å². The third-order valence-corrected chi connectivity index (χ3v) is 2.51. The minimum absolute atomic E-state index is 0.122. The van der Waals surface area contributed by atoms with Gasteiger partial charge in [-0.25, -0.2) is 4.39 Å². The van der Waals surface area contributed by atoms with Crippen molar-refractivity contribution in [3.05, 3.63) is 34.6 Å². The highest BCUT2D eigenvalue weighted by molar-refractivity contribution is 6.30. The molecule has 0 spiro atoms. The van der Waals surface area contributed by atoms with Crippen molar-refractivity contribution in [1.82, 2.24) is 0 Å². The first kappa shape index (κ1) is 12.5. The Bertz CT molecular complexity index is 325. The summed E-state index contributed by atoms with van der Waals surface area (Å²) in [6.45, 7) is 4.09. The van der Waals surface area contributed by atoms with Crippen LogP contribution in [0.15, 0.2) is 18.2 Å². The Morgan fingerprint density at radius 2 is 2.07 bits per heavy atom. The third kappa shape index (κ3) is 4.18. The molecule has 1 unspecified atom stereocenters. The monoisotopic (exact) mass is 230 g/mol. The van der Waals surface area contributed by atoms with Crippen LogP contribution in [0.25, 0.3) is 0 Å². The fourth-order valence-electron chi connectivity index (χ4n) is 1.57. The van der Waals surface area contributed by atoms with Gasteiger partial charge in [-0.2, -0.15) is 0 Å². The van der Waals surface area contributed by atoms with Crippen LogP contribution in [0.5, 0.6) is 0 Å². The van der Waals surface area contributed by atoms with Gasteiger partial charge >= 0.3 is 0 Å². The Morgan fingerprint density at radius 3 is 2.60 bits per heavy atom. The zero-order valence-electron chi connectivity index (χ0n) is 9.00. The standard InChI is InChI=1S/C12H16ClFO/c1-8(2)5-10(15)6-9-3-4-11(13)12(14)7-9/h3-4,7-8,10,15H,5-6H2,1-2H3. The lowest BCUT2D eigenvalue weighted by Crippen LogP contribution is -2.13. The van der Waals surface area contributed by atoms with E-state index >= 15 is 0 Å². The van der Waals surface area contributed by atoms with Crippen molar-refractivity contribution in [2.45, 2.75) is 32.8 Å². The number of aliphatic hydroxyl groups is 1. The molecule has 0 heterocycles. The molecule has 1 rings (SSSR count). The van der Waals surface area contributed by atoms with Gasteiger partial charge in [-0.1, -0.05) is 31.5 Å². The maximum Gasteiger partial charge on any atom is 0.142 e. The average molecular weight is 231 g/mol. The van der Waals surface area contributed by atoms with Gasteiger partial charge in [0.15, 0.2) is 0 Å². The van der Waals surface area contributed by atoms with E-state index in [-0.39, 0.29) is 5.02 Å². The summed E-state index contributed by atoms with van der Waals surface area (Å²) in [5, 5.41) is 9.80. The highest BCUT2D eigenvalue weighted by Gasteiger charge is 2.09. The molecule has 0 fully saturated rings. The summed E-state index contributed by atoms with van der Waals surface area (Å²) in [4.78, 5) is 0. The number of rotatable bonds is 4. The van der Waals surface area contributed by atoms with Gasteiger partial charge in [0.1, 0.15) is 5.82 Å². The van der Waals surface area contributed by atoms with Crippen molar-refractivity contribution in [2.24, 2.45) is 5.92 Å². The number of hydrogen-bond acceptors (Lipinski definition) is 1. The van der Waals surface area contributed by atoms with Crippen molar-refractivity contribution < 1.29 is 9.50 Å². The van der Waals surface area contributed by atoms with Gasteiger partial charge < -0.3 is 5.11 Å². The maximum atomic E-state index is 13.1. The summed E-state index contributed by atoms with van der Waals surface area (Å²) in [7, 11) is 0. The lowest BCUT2D eigenvalue weighted by molar-refractivity contribution is 0.149. The van der Waals surface area contributed by atoms with Crippen LogP contribution < -0.4 is 0 Å². The predicted octanol–water partition coefficient (Wildman–Crippen LogP) is 3.43. The second-order valence-corrected chi connectivity index (χ2v) is 4.64. The molecule has 0 saturated carbocycles. The molecule has 0 aromatic heterocycles. The Hall–Kier alpha value is -0.600. The number of benzene rings is 1. The van der Waals surface area contributed by atoms with Gasteiger partial charge in [-0.05, 0) is 36.5 Å². The molecular formula is C12H16ClFO. The average Bonchev–Trinajstić information content (AvgIpc) is 2.10. The van der Waals surface area contributed by atoms with E-state index in [1.54, 1.807) is 6.07 Å². The quantitative estimate of drug-likeness (QED) is 0.840. The van der Waals surface area contributed by atoms with Crippen LogP contribution in [0.1, 0.15) is 25.8 Å². The lowest BCUT2D eigenvalue weighted by Gasteiger charge is -2.13. The fourth-order valence-corrected chi connectivity index (χ4v) is 1.68. The van der Waals surface area contributed by atoms with Crippen molar-refractivity contribution in [3.63, 3.8) is 0 Å². The van der Waals surface area contributed by atoms with Gasteiger partial charge in [-0.3, -0.25) is 0 Å². The third-order valence-electron chi connectivity index (χ3n) is 2.20. The summed E-state index contributed by atoms with van der Waals surface area (Å²) in [5.41, 5.74) is 0.782. The molecule has 84 valence electrons. The minimum atomic E-state index is -0.425. The fraction of sp³-hybridized carbons (Fsp3) is 0.500. The van der Waals surface area contributed by atoms with Crippen LogP contribution in [-0.4, -0.2) is 11.2 Å². The van der Waals surface area contributed by atoms with Crippen LogP contribution >= 0.6 is 11.6 Å². The van der Waals surface area contributed by atoms with Crippen LogP contribution in [0.4, 0.5) is 4.39 Å². The molecule has 0 saturated heterocycles. The highest BCUT2D eigenvalue weighted by atomic mass is 35.5. The molecule has 1 N–H and O–H groups in total. The Balaban J connectivity index is 2.60. The second-order valence-electron chi connectivity index (χ2n) is 4.24. The molecule has 0 radical (unpaired) electrons. The van der Waals surface area contributed by atoms with Gasteiger partial charge in [0, 0.05) is 0 Å². The van der Waals surface area contributed by atoms with E-state index in [1.807, 2.05) is 13.8 Å². The molecule has 0 aliphatic heterocycles. The molecule has 0 amide bonds. The molecule has 1 aromatic carbocycles. The van der Waals surface area contributed by atoms with E-state index in [4.69, 9.17) is 11.6 Å². The zero-order chi connectivity index (χ0) is 11.4. The summed E-state index contributed by atoms with van der Waals surface area (Å²) in [6, 6.07) is 4.65. The van der Waals surface area contributed by atoms with Crippen LogP contribution in [0.2, 0.25) is 5.02 Å². The minimum Gasteiger partial charge on any atom is -0.393 e. The molecular weight excluding hydrogens is 215 g/mol. The van der Waals surface area contributed by atoms with E-state index in [2.05, 4.69) is 0 Å². The molecule has 1 atom stereocenters. The van der Waals surface area contributed by atoms with E-state index in [9.17, 15) is 9.50 Å². The largest absolute Gasteiger partial charge is 0.393 e. The maximum absolute atomic E-state index is 13.1. The van der Waals surface area contributed by atoms with Gasteiger partial charge in [0.25, 0.3) is 0 Å². The Morgan fingerprint density at radius 1 is 1.40 bits per heavy atom. The first-order valence-corrected chi connectivity index (χ1v) is 5.49. The molecule has 0 bridgehead atoms. The predicted molar refractivity (Wildman–Crippen MR) is 60.6 cm³/mol. The van der Waals surface area contributed by atoms with Crippen LogP contribution in [0.3, 0.4) is 0 Å². The summed E-state index contributed by atoms with van der Waals surface area (Å²) >= 11 is 5.56. The smallest absolute Gasteiger partial charge is 0.142 e. The molecule has 1 nitrogen and oxygen atoms in total. The van der Waals surface area contributed by atoms with Crippen LogP contribution in [-0.2, 0) is 6.42 Å². The summed E-state index contributed by atoms with van der Waals surface area (Å²) in [5.74, 6) is 0.0167. The number of aliphatic hydroxyl groups excluding tert-OH is 1. The zero-order valence-corrected chi connectivity index (χ0v) is 9.76. The Labute approximate surface area is 94.9 Å². The molecule has 1 aromatic rings. The van der Waals surface area contributed by atoms with Crippen molar-refractivity contribution in [1.29, 1.82) is 0 Å². The molecule has 0 aliphatic carbocycles. The van der Waals surface area contributed by atoms with Gasteiger partial charge in [-0.15, -0.1) is 0 Å². The first-order chi connectivity index (χ1) is 6.99. The highest BCUT2D eigenvalue weighted by Crippen LogP contribution is 2.17. The molecule has 3 heteroatoms. The first-order valence-electron chi connectivity index (χ1n) is 5.11. The topological polar surface area (TPSA) is 20.2 Å². The van der Waals surface area contributed by atoms with Crippen molar-refractivity contribution >= 4 is 11.6 Å². The summed E-state index contributed by atoms with van der Waals surface area (Å²) < 4.78 is 13.1. The SMILES string of the molecule is CC(C)CC(O)Cc1ccc(Cl)c(F)c1. The van der Waals surface area contributed by atoms with E-state index in [0.29, 0.717) is 12.3 Å². The lowest BCUT2D eigenvalue weighted by atomic mass is 10.00. The van der Waals surface area contributed by atoms with E-state index < -0.39 is 11.9 Å². The normalized spacial score (nSPS) is 13.2. The van der Waals surface area contributed by atoms with Crippen molar-refractivity contribution in [2.75, 3.05) is 0 Å². The van der Waals surface area contributed by atoms with Gasteiger partial charge in [0.2, 0.25) is 0 Å². The number of hydrogen-bond donors (Lipinski definition) is 1. The number of halogens is 2.